The molecule has 2 rings (SSSR count). The zero-order valence-electron chi connectivity index (χ0n) is 17.7. The van der Waals surface area contributed by atoms with Gasteiger partial charge in [-0.05, 0) is 36.8 Å². The van der Waals surface area contributed by atoms with E-state index >= 15 is 0 Å². The van der Waals surface area contributed by atoms with Gasteiger partial charge >= 0.3 is 0 Å². The highest BCUT2D eigenvalue weighted by molar-refractivity contribution is 5.33. The van der Waals surface area contributed by atoms with Crippen molar-refractivity contribution in [2.24, 2.45) is 0 Å². The minimum absolute atomic E-state index is 0.0319. The number of methoxy groups -OCH3 is 1. The Kier molecular flexibility index (Phi) is 10.7. The summed E-state index contributed by atoms with van der Waals surface area (Å²) in [6, 6.07) is 20.1. The second-order valence-corrected chi connectivity index (χ2v) is 6.81. The summed E-state index contributed by atoms with van der Waals surface area (Å²) in [5, 5.41) is 8.90. The molecule has 0 heterocycles. The van der Waals surface area contributed by atoms with Crippen molar-refractivity contribution in [3.05, 3.63) is 65.7 Å². The van der Waals surface area contributed by atoms with Gasteiger partial charge in [-0.3, -0.25) is 4.90 Å². The number of ether oxygens (including phenoxy) is 2. The third kappa shape index (κ3) is 9.31. The van der Waals surface area contributed by atoms with Gasteiger partial charge in [0.05, 0.1) is 25.8 Å². The van der Waals surface area contributed by atoms with Gasteiger partial charge in [-0.25, -0.2) is 0 Å². The lowest BCUT2D eigenvalue weighted by Gasteiger charge is -2.18. The summed E-state index contributed by atoms with van der Waals surface area (Å²) in [6.07, 6.45) is 1.18. The largest absolute Gasteiger partial charge is 0.497 e. The molecule has 1 atom stereocenters. The Labute approximate surface area is 180 Å². The standard InChI is InChI=1S/C26H28N2O2/c1-23(10-8-13-24-11-4-3-5-12-24)30-21-7-6-19-28(20-9-18-27)22-25-14-16-26(29-2)17-15-25/h3-5,11-12,14-17,23H,9-10,19-22H2,1-2H3/t23-/m0/s1. The van der Waals surface area contributed by atoms with Crippen LogP contribution in [0.4, 0.5) is 0 Å². The second kappa shape index (κ2) is 13.9. The van der Waals surface area contributed by atoms with Crippen LogP contribution in [0.2, 0.25) is 0 Å². The maximum Gasteiger partial charge on any atom is 0.118 e. The van der Waals surface area contributed by atoms with E-state index in [1.54, 1.807) is 7.11 Å². The number of hydrogen-bond donors (Lipinski definition) is 0. The molecule has 4 nitrogen and oxygen atoms in total. The first-order valence-electron chi connectivity index (χ1n) is 10.0. The molecule has 0 aliphatic heterocycles. The van der Waals surface area contributed by atoms with Crippen molar-refractivity contribution in [3.63, 3.8) is 0 Å². The lowest BCUT2D eigenvalue weighted by Crippen LogP contribution is -2.24. The van der Waals surface area contributed by atoms with Gasteiger partial charge in [0.1, 0.15) is 12.4 Å². The van der Waals surface area contributed by atoms with Gasteiger partial charge in [0.2, 0.25) is 0 Å². The summed E-state index contributed by atoms with van der Waals surface area (Å²) >= 11 is 0. The van der Waals surface area contributed by atoms with E-state index < -0.39 is 0 Å². The Morgan fingerprint density at radius 1 is 1.00 bits per heavy atom. The van der Waals surface area contributed by atoms with Crippen molar-refractivity contribution in [2.75, 3.05) is 26.8 Å². The smallest absolute Gasteiger partial charge is 0.118 e. The van der Waals surface area contributed by atoms with Crippen LogP contribution in [0.5, 0.6) is 5.75 Å². The molecule has 0 fully saturated rings. The fourth-order valence-electron chi connectivity index (χ4n) is 2.69. The average molecular weight is 401 g/mol. The molecule has 0 aliphatic rings. The Morgan fingerprint density at radius 2 is 1.77 bits per heavy atom. The molecule has 0 aliphatic carbocycles. The summed E-state index contributed by atoms with van der Waals surface area (Å²) in [4.78, 5) is 2.16. The number of hydrogen-bond acceptors (Lipinski definition) is 4. The van der Waals surface area contributed by atoms with Crippen molar-refractivity contribution in [2.45, 2.75) is 32.4 Å². The molecule has 0 radical (unpaired) electrons. The van der Waals surface area contributed by atoms with Crippen LogP contribution in [-0.2, 0) is 11.3 Å². The lowest BCUT2D eigenvalue weighted by molar-refractivity contribution is 0.0961. The van der Waals surface area contributed by atoms with Crippen LogP contribution in [0.25, 0.3) is 0 Å². The molecule has 30 heavy (non-hydrogen) atoms. The fourth-order valence-corrected chi connectivity index (χ4v) is 2.69. The number of benzene rings is 2. The predicted molar refractivity (Wildman–Crippen MR) is 120 cm³/mol. The molecule has 2 aromatic carbocycles. The Balaban J connectivity index is 1.75. The third-order valence-corrected chi connectivity index (χ3v) is 4.37. The molecule has 0 amide bonds. The van der Waals surface area contributed by atoms with E-state index in [9.17, 15) is 0 Å². The van der Waals surface area contributed by atoms with Crippen molar-refractivity contribution in [3.8, 4) is 35.5 Å². The van der Waals surface area contributed by atoms with Crippen molar-refractivity contribution >= 4 is 0 Å². The van der Waals surface area contributed by atoms with Crippen LogP contribution in [0.3, 0.4) is 0 Å². The van der Waals surface area contributed by atoms with Gasteiger partial charge in [-0.15, -0.1) is 0 Å². The molecule has 0 spiro atoms. The molecular weight excluding hydrogens is 372 g/mol. The first-order valence-corrected chi connectivity index (χ1v) is 10.0. The zero-order chi connectivity index (χ0) is 21.4. The molecule has 0 unspecified atom stereocenters. The Morgan fingerprint density at radius 3 is 2.47 bits per heavy atom. The average Bonchev–Trinajstić information content (AvgIpc) is 2.78. The van der Waals surface area contributed by atoms with Crippen LogP contribution in [0.15, 0.2) is 54.6 Å². The van der Waals surface area contributed by atoms with Crippen LogP contribution < -0.4 is 4.74 Å². The SMILES string of the molecule is COc1ccc(CN(CC#CCO[C@@H](C)CC#Cc2ccccc2)CCC#N)cc1. The highest BCUT2D eigenvalue weighted by atomic mass is 16.5. The Hall–Kier alpha value is -3.23. The van der Waals surface area contributed by atoms with E-state index in [4.69, 9.17) is 14.7 Å². The highest BCUT2D eigenvalue weighted by Gasteiger charge is 2.05. The topological polar surface area (TPSA) is 45.5 Å². The summed E-state index contributed by atoms with van der Waals surface area (Å²) in [7, 11) is 1.66. The first kappa shape index (κ1) is 23.1. The molecule has 0 N–H and O–H groups in total. The minimum atomic E-state index is 0.0319. The molecule has 0 saturated heterocycles. The molecule has 0 bridgehead atoms. The maximum atomic E-state index is 8.90. The van der Waals surface area contributed by atoms with Gasteiger partial charge < -0.3 is 9.47 Å². The summed E-state index contributed by atoms with van der Waals surface area (Å²) in [5.74, 6) is 13.3. The predicted octanol–water partition coefficient (Wildman–Crippen LogP) is 4.26. The molecule has 154 valence electrons. The van der Waals surface area contributed by atoms with Crippen molar-refractivity contribution in [1.29, 1.82) is 5.26 Å². The van der Waals surface area contributed by atoms with Crippen LogP contribution in [0.1, 0.15) is 30.9 Å². The number of nitrogens with zero attached hydrogens (tertiary/aromatic N) is 2. The van der Waals surface area contributed by atoms with E-state index in [1.165, 1.54) is 0 Å². The monoisotopic (exact) mass is 400 g/mol. The normalized spacial score (nSPS) is 10.9. The number of rotatable bonds is 9. The molecule has 0 aromatic heterocycles. The van der Waals surface area contributed by atoms with E-state index in [2.05, 4.69) is 34.7 Å². The van der Waals surface area contributed by atoms with Gasteiger partial charge in [0.25, 0.3) is 0 Å². The van der Waals surface area contributed by atoms with E-state index in [0.717, 1.165) is 23.4 Å². The lowest BCUT2D eigenvalue weighted by atomic mass is 10.2. The Bertz CT molecular complexity index is 909. The quantitative estimate of drug-likeness (QED) is 0.590. The van der Waals surface area contributed by atoms with E-state index in [-0.39, 0.29) is 6.10 Å². The molecule has 4 heteroatoms. The summed E-state index contributed by atoms with van der Waals surface area (Å²) < 4.78 is 10.9. The van der Waals surface area contributed by atoms with E-state index in [0.29, 0.717) is 32.5 Å². The van der Waals surface area contributed by atoms with Crippen LogP contribution in [-0.4, -0.2) is 37.8 Å². The molecule has 0 saturated carbocycles. The molecule has 2 aromatic rings. The highest BCUT2D eigenvalue weighted by Crippen LogP contribution is 2.13. The minimum Gasteiger partial charge on any atom is -0.497 e. The van der Waals surface area contributed by atoms with E-state index in [1.807, 2.05) is 61.5 Å². The summed E-state index contributed by atoms with van der Waals surface area (Å²) in [5.41, 5.74) is 2.18. The van der Waals surface area contributed by atoms with Gasteiger partial charge in [0.15, 0.2) is 0 Å². The van der Waals surface area contributed by atoms with Crippen molar-refractivity contribution in [1.82, 2.24) is 4.90 Å². The zero-order valence-corrected chi connectivity index (χ0v) is 17.7. The molecular formula is C26H28N2O2. The fraction of sp³-hybridized carbons (Fsp3) is 0.346. The van der Waals surface area contributed by atoms with Gasteiger partial charge in [-0.2, -0.15) is 5.26 Å². The number of nitriles is 1. The van der Waals surface area contributed by atoms with Crippen LogP contribution in [0, 0.1) is 35.0 Å². The van der Waals surface area contributed by atoms with Gasteiger partial charge in [0, 0.05) is 31.5 Å². The summed E-state index contributed by atoms with van der Waals surface area (Å²) in [6.45, 7) is 4.41. The van der Waals surface area contributed by atoms with Crippen molar-refractivity contribution < 1.29 is 9.47 Å². The van der Waals surface area contributed by atoms with Gasteiger partial charge in [-0.1, -0.05) is 54.0 Å². The third-order valence-electron chi connectivity index (χ3n) is 4.37. The first-order chi connectivity index (χ1) is 14.7. The second-order valence-electron chi connectivity index (χ2n) is 6.81. The maximum absolute atomic E-state index is 8.90. The van der Waals surface area contributed by atoms with Crippen LogP contribution >= 0.6 is 0 Å².